The highest BCUT2D eigenvalue weighted by molar-refractivity contribution is 7.17. The van der Waals surface area contributed by atoms with Crippen LogP contribution in [0.2, 0.25) is 0 Å². The van der Waals surface area contributed by atoms with Crippen molar-refractivity contribution < 1.29 is 14.0 Å². The predicted molar refractivity (Wildman–Crippen MR) is 112 cm³/mol. The first-order valence-corrected chi connectivity index (χ1v) is 10.0. The number of hydrogen-bond donors (Lipinski definition) is 3. The average molecular weight is 429 g/mol. The molecule has 0 spiro atoms. The number of aryl methyl sites for hydroxylation is 1. The van der Waals surface area contributed by atoms with Crippen LogP contribution in [0.4, 0.5) is 21.0 Å². The summed E-state index contributed by atoms with van der Waals surface area (Å²) < 4.78 is 16.3. The first-order valence-electron chi connectivity index (χ1n) is 9.19. The number of carbonyl (C=O) groups is 2. The number of amides is 2. The van der Waals surface area contributed by atoms with E-state index in [1.807, 2.05) is 11.7 Å². The number of likely N-dealkylation sites (N-methyl/N-ethyl adjacent to an activating group) is 1. The van der Waals surface area contributed by atoms with Gasteiger partial charge in [0.25, 0.3) is 11.8 Å². The van der Waals surface area contributed by atoms with Crippen molar-refractivity contribution in [1.82, 2.24) is 19.7 Å². The molecule has 0 radical (unpaired) electrons. The van der Waals surface area contributed by atoms with E-state index in [4.69, 9.17) is 5.73 Å². The van der Waals surface area contributed by atoms with Gasteiger partial charge in [-0.1, -0.05) is 11.3 Å². The minimum Gasteiger partial charge on any atom is -0.375 e. The zero-order valence-electron chi connectivity index (χ0n) is 16.4. The van der Waals surface area contributed by atoms with E-state index < -0.39 is 17.6 Å². The molecule has 0 bridgehead atoms. The Labute approximate surface area is 175 Å². The Bertz CT molecular complexity index is 1140. The molecule has 1 aromatic carbocycles. The number of carbonyl (C=O) groups excluding carboxylic acids is 2. The molecule has 0 atom stereocenters. The van der Waals surface area contributed by atoms with Crippen LogP contribution in [0.1, 0.15) is 31.3 Å². The van der Waals surface area contributed by atoms with Gasteiger partial charge in [0.1, 0.15) is 10.7 Å². The molecular formula is C19H20FN7O2S. The van der Waals surface area contributed by atoms with Crippen LogP contribution in [0.15, 0.2) is 24.4 Å². The maximum Gasteiger partial charge on any atom is 0.267 e. The molecule has 0 saturated heterocycles. The van der Waals surface area contributed by atoms with Crippen LogP contribution in [0, 0.1) is 12.7 Å². The van der Waals surface area contributed by atoms with Crippen molar-refractivity contribution in [3.63, 3.8) is 0 Å². The second-order valence-electron chi connectivity index (χ2n) is 7.10. The number of fused-ring (bicyclic) bond motifs is 1. The number of nitrogens with one attached hydrogen (secondary N) is 2. The smallest absolute Gasteiger partial charge is 0.267 e. The largest absolute Gasteiger partial charge is 0.375 e. The molecular weight excluding hydrogens is 409 g/mol. The zero-order valence-corrected chi connectivity index (χ0v) is 17.2. The third kappa shape index (κ3) is 4.02. The van der Waals surface area contributed by atoms with Gasteiger partial charge in [-0.25, -0.2) is 9.37 Å². The van der Waals surface area contributed by atoms with Gasteiger partial charge in [-0.15, -0.1) is 0 Å². The number of nitrogens with two attached hydrogens (primary N) is 1. The summed E-state index contributed by atoms with van der Waals surface area (Å²) in [7, 11) is 2.01. The molecule has 30 heavy (non-hydrogen) atoms. The Morgan fingerprint density at radius 1 is 1.20 bits per heavy atom. The molecule has 0 saturated carbocycles. The van der Waals surface area contributed by atoms with Gasteiger partial charge in [-0.05, 0) is 31.7 Å². The van der Waals surface area contributed by atoms with Crippen molar-refractivity contribution in [2.75, 3.05) is 30.0 Å². The first-order chi connectivity index (χ1) is 14.3. The summed E-state index contributed by atoms with van der Waals surface area (Å²) >= 11 is 1.04. The van der Waals surface area contributed by atoms with Crippen molar-refractivity contribution in [3.05, 3.63) is 51.9 Å². The standard InChI is InChI=1S/C19H20FN7O2S/c1-10-5-13(20)12(7-14(10)23-18(29)15-8-22-19(21)30-15)17(28)24-16-6-11-9-26(2)3-4-27(11)25-16/h5-8H,3-4,9H2,1-2H3,(H2,21,22)(H,23,29)(H,24,25,28). The fourth-order valence-corrected chi connectivity index (χ4v) is 3.78. The van der Waals surface area contributed by atoms with E-state index in [1.165, 1.54) is 18.3 Å². The van der Waals surface area contributed by atoms with Crippen molar-refractivity contribution in [3.8, 4) is 0 Å². The van der Waals surface area contributed by atoms with Crippen LogP contribution in [0.3, 0.4) is 0 Å². The molecule has 3 heterocycles. The quantitative estimate of drug-likeness (QED) is 0.586. The number of thiazole rings is 1. The van der Waals surface area contributed by atoms with Crippen molar-refractivity contribution in [2.45, 2.75) is 20.0 Å². The van der Waals surface area contributed by atoms with Gasteiger partial charge >= 0.3 is 0 Å². The number of benzene rings is 1. The second kappa shape index (κ2) is 7.84. The first kappa shape index (κ1) is 20.0. The van der Waals surface area contributed by atoms with E-state index in [9.17, 15) is 14.0 Å². The van der Waals surface area contributed by atoms with E-state index >= 15 is 0 Å². The molecule has 9 nitrogen and oxygen atoms in total. The summed E-state index contributed by atoms with van der Waals surface area (Å²) in [6.45, 7) is 3.95. The van der Waals surface area contributed by atoms with Crippen LogP contribution in [-0.4, -0.2) is 45.1 Å². The van der Waals surface area contributed by atoms with Crippen molar-refractivity contribution in [1.29, 1.82) is 0 Å². The number of halogens is 1. The summed E-state index contributed by atoms with van der Waals surface area (Å²) in [5, 5.41) is 9.94. The van der Waals surface area contributed by atoms with Gasteiger partial charge in [-0.3, -0.25) is 19.2 Å². The van der Waals surface area contributed by atoms with Crippen LogP contribution in [-0.2, 0) is 13.1 Å². The van der Waals surface area contributed by atoms with Crippen LogP contribution >= 0.6 is 11.3 Å². The van der Waals surface area contributed by atoms with E-state index in [0.717, 1.165) is 36.7 Å². The van der Waals surface area contributed by atoms with E-state index in [2.05, 4.69) is 25.6 Å². The van der Waals surface area contributed by atoms with Crippen molar-refractivity contribution in [2.24, 2.45) is 0 Å². The van der Waals surface area contributed by atoms with Crippen LogP contribution in [0.5, 0.6) is 0 Å². The Morgan fingerprint density at radius 3 is 2.73 bits per heavy atom. The zero-order chi connectivity index (χ0) is 21.4. The molecule has 0 aliphatic carbocycles. The maximum atomic E-state index is 14.5. The van der Waals surface area contributed by atoms with Gasteiger partial charge in [-0.2, -0.15) is 5.10 Å². The van der Waals surface area contributed by atoms with Crippen LogP contribution < -0.4 is 16.4 Å². The highest BCUT2D eigenvalue weighted by Gasteiger charge is 2.20. The third-order valence-electron chi connectivity index (χ3n) is 4.78. The Kier molecular flexibility index (Phi) is 5.22. The molecule has 0 unspecified atom stereocenters. The van der Waals surface area contributed by atoms with E-state index in [-0.39, 0.29) is 10.7 Å². The number of aromatic nitrogens is 3. The van der Waals surface area contributed by atoms with Gasteiger partial charge in [0.2, 0.25) is 0 Å². The van der Waals surface area contributed by atoms with E-state index in [0.29, 0.717) is 21.9 Å². The lowest BCUT2D eigenvalue weighted by molar-refractivity contribution is 0.101. The molecule has 156 valence electrons. The lowest BCUT2D eigenvalue weighted by atomic mass is 10.1. The second-order valence-corrected chi connectivity index (χ2v) is 8.16. The normalized spacial score (nSPS) is 13.7. The topological polar surface area (TPSA) is 118 Å². The third-order valence-corrected chi connectivity index (χ3v) is 5.61. The monoisotopic (exact) mass is 429 g/mol. The Hall–Kier alpha value is -3.31. The van der Waals surface area contributed by atoms with Gasteiger partial charge in [0.05, 0.1) is 24.0 Å². The molecule has 4 N–H and O–H groups in total. The summed E-state index contributed by atoms with van der Waals surface area (Å²) in [6.07, 6.45) is 1.36. The lowest BCUT2D eigenvalue weighted by Crippen LogP contribution is -2.30. The lowest BCUT2D eigenvalue weighted by Gasteiger charge is -2.22. The fourth-order valence-electron chi connectivity index (χ4n) is 3.20. The molecule has 4 rings (SSSR count). The molecule has 3 aromatic rings. The number of nitrogen functional groups attached to an aromatic ring is 1. The highest BCUT2D eigenvalue weighted by Crippen LogP contribution is 2.24. The number of hydrogen-bond acceptors (Lipinski definition) is 7. The van der Waals surface area contributed by atoms with Crippen molar-refractivity contribution >= 4 is 39.8 Å². The minimum atomic E-state index is -0.686. The Balaban J connectivity index is 1.54. The Morgan fingerprint density at radius 2 is 2.00 bits per heavy atom. The molecule has 2 amide bonds. The molecule has 1 aliphatic rings. The summed E-state index contributed by atoms with van der Waals surface area (Å²) in [5.41, 5.74) is 7.14. The van der Waals surface area contributed by atoms with Gasteiger partial charge in [0, 0.05) is 24.8 Å². The maximum absolute atomic E-state index is 14.5. The summed E-state index contributed by atoms with van der Waals surface area (Å²) in [6, 6.07) is 4.29. The molecule has 0 fully saturated rings. The number of anilines is 3. The van der Waals surface area contributed by atoms with Gasteiger partial charge in [0.15, 0.2) is 10.9 Å². The predicted octanol–water partition coefficient (Wildman–Crippen LogP) is 2.32. The number of nitrogens with zero attached hydrogens (tertiary/aromatic N) is 4. The minimum absolute atomic E-state index is 0.192. The van der Waals surface area contributed by atoms with E-state index in [1.54, 1.807) is 13.0 Å². The fraction of sp³-hybridized carbons (Fsp3) is 0.263. The summed E-state index contributed by atoms with van der Waals surface area (Å²) in [4.78, 5) is 31.4. The average Bonchev–Trinajstić information content (AvgIpc) is 3.29. The SMILES string of the molecule is Cc1cc(F)c(C(=O)Nc2cc3n(n2)CCN(C)C3)cc1NC(=O)c1cnc(N)s1. The highest BCUT2D eigenvalue weighted by atomic mass is 32.1. The summed E-state index contributed by atoms with van der Waals surface area (Å²) in [5.74, 6) is -1.41. The molecule has 11 heteroatoms. The van der Waals surface area contributed by atoms with Gasteiger partial charge < -0.3 is 16.4 Å². The van der Waals surface area contributed by atoms with Crippen LogP contribution in [0.25, 0.3) is 0 Å². The molecule has 2 aromatic heterocycles. The number of rotatable bonds is 4. The molecule has 1 aliphatic heterocycles.